The third kappa shape index (κ3) is 6.14. The minimum Gasteiger partial charge on any atom is -0.352 e. The molecule has 0 bridgehead atoms. The van der Waals surface area contributed by atoms with Crippen molar-refractivity contribution in [2.45, 2.75) is 44.7 Å². The lowest BCUT2D eigenvalue weighted by molar-refractivity contribution is -0.123. The number of sulfonamides is 1. The number of nitrogens with zero attached hydrogens (tertiary/aromatic N) is 1. The van der Waals surface area contributed by atoms with Crippen LogP contribution in [0.3, 0.4) is 0 Å². The number of carbonyl (C=O) groups excluding carboxylic acids is 1. The molecule has 1 rings (SSSR count). The van der Waals surface area contributed by atoms with E-state index >= 15 is 0 Å². The molecule has 1 amide bonds. The van der Waals surface area contributed by atoms with Gasteiger partial charge in [-0.2, -0.15) is 11.8 Å². The van der Waals surface area contributed by atoms with Crippen LogP contribution in [0.4, 0.5) is 0 Å². The molecule has 0 aromatic rings. The van der Waals surface area contributed by atoms with Gasteiger partial charge in [0.05, 0.1) is 11.8 Å². The molecule has 6 nitrogen and oxygen atoms in total. The molecular formula is C13H27N3O3S2. The summed E-state index contributed by atoms with van der Waals surface area (Å²) in [4.78, 5) is 11.9. The van der Waals surface area contributed by atoms with E-state index in [4.69, 9.17) is 5.73 Å². The second-order valence-electron chi connectivity index (χ2n) is 5.39. The Morgan fingerprint density at radius 2 is 2.05 bits per heavy atom. The number of rotatable bonds is 8. The van der Waals surface area contributed by atoms with Crippen molar-refractivity contribution < 1.29 is 13.2 Å². The minimum atomic E-state index is -3.12. The van der Waals surface area contributed by atoms with E-state index in [-0.39, 0.29) is 17.7 Å². The highest BCUT2D eigenvalue weighted by molar-refractivity contribution is 7.98. The molecule has 8 heteroatoms. The standard InChI is InChI=1S/C13H27N3O3S2/c1-3-10-21(18,19)16-7-4-11(5-8-16)15-13(17)12(14)6-9-20-2/h11-12H,3-10,14H2,1-2H3,(H,15,17)/t12-/m1/s1. The van der Waals surface area contributed by atoms with Crippen LogP contribution in [0.1, 0.15) is 32.6 Å². The smallest absolute Gasteiger partial charge is 0.237 e. The highest BCUT2D eigenvalue weighted by Gasteiger charge is 2.28. The Labute approximate surface area is 132 Å². The van der Waals surface area contributed by atoms with Crippen LogP contribution in [-0.4, -0.2) is 61.6 Å². The molecule has 1 aliphatic heterocycles. The normalized spacial score (nSPS) is 19.4. The van der Waals surface area contributed by atoms with Crippen LogP contribution in [0.2, 0.25) is 0 Å². The zero-order valence-corrected chi connectivity index (χ0v) is 14.5. The quantitative estimate of drug-likeness (QED) is 0.668. The molecule has 0 aromatic carbocycles. The van der Waals surface area contributed by atoms with Crippen LogP contribution < -0.4 is 11.1 Å². The van der Waals surface area contributed by atoms with E-state index in [1.807, 2.05) is 13.2 Å². The average Bonchev–Trinajstić information content (AvgIpc) is 2.45. The van der Waals surface area contributed by atoms with Gasteiger partial charge in [-0.15, -0.1) is 0 Å². The summed E-state index contributed by atoms with van der Waals surface area (Å²) in [6.07, 6.45) is 4.59. The first-order chi connectivity index (χ1) is 9.90. The van der Waals surface area contributed by atoms with E-state index in [1.54, 1.807) is 11.8 Å². The van der Waals surface area contributed by atoms with Crippen molar-refractivity contribution in [1.82, 2.24) is 9.62 Å². The number of carbonyl (C=O) groups is 1. The van der Waals surface area contributed by atoms with Crippen molar-refractivity contribution in [3.05, 3.63) is 0 Å². The lowest BCUT2D eigenvalue weighted by Crippen LogP contribution is -2.50. The molecule has 1 fully saturated rings. The highest BCUT2D eigenvalue weighted by Crippen LogP contribution is 2.15. The van der Waals surface area contributed by atoms with Gasteiger partial charge in [0, 0.05) is 19.1 Å². The second-order valence-corrected chi connectivity index (χ2v) is 8.46. The van der Waals surface area contributed by atoms with E-state index in [0.717, 1.165) is 5.75 Å². The first-order valence-electron chi connectivity index (χ1n) is 7.43. The summed E-state index contributed by atoms with van der Waals surface area (Å²) in [7, 11) is -3.12. The molecule has 0 aromatic heterocycles. The third-order valence-electron chi connectivity index (χ3n) is 3.63. The minimum absolute atomic E-state index is 0.0332. The van der Waals surface area contributed by atoms with Crippen molar-refractivity contribution in [2.24, 2.45) is 5.73 Å². The molecule has 0 aliphatic carbocycles. The van der Waals surface area contributed by atoms with Gasteiger partial charge in [0.15, 0.2) is 0 Å². The Kier molecular flexibility index (Phi) is 8.00. The van der Waals surface area contributed by atoms with E-state index < -0.39 is 16.1 Å². The summed E-state index contributed by atoms with van der Waals surface area (Å²) in [5.74, 6) is 0.935. The first kappa shape index (κ1) is 18.7. The van der Waals surface area contributed by atoms with Crippen LogP contribution in [0.5, 0.6) is 0 Å². The van der Waals surface area contributed by atoms with Crippen LogP contribution in [-0.2, 0) is 14.8 Å². The molecule has 0 unspecified atom stereocenters. The fraction of sp³-hybridized carbons (Fsp3) is 0.923. The van der Waals surface area contributed by atoms with Gasteiger partial charge in [-0.1, -0.05) is 6.92 Å². The van der Waals surface area contributed by atoms with E-state index in [0.29, 0.717) is 38.8 Å². The van der Waals surface area contributed by atoms with E-state index in [9.17, 15) is 13.2 Å². The number of piperidine rings is 1. The largest absolute Gasteiger partial charge is 0.352 e. The maximum absolute atomic E-state index is 12.0. The molecule has 1 aliphatic rings. The fourth-order valence-corrected chi connectivity index (χ4v) is 4.38. The lowest BCUT2D eigenvalue weighted by Gasteiger charge is -2.32. The van der Waals surface area contributed by atoms with Gasteiger partial charge >= 0.3 is 0 Å². The van der Waals surface area contributed by atoms with Gasteiger partial charge in [0.2, 0.25) is 15.9 Å². The van der Waals surface area contributed by atoms with Crippen molar-refractivity contribution in [2.75, 3.05) is 30.9 Å². The Bertz CT molecular complexity index is 420. The number of hydrogen-bond donors (Lipinski definition) is 2. The molecule has 21 heavy (non-hydrogen) atoms. The monoisotopic (exact) mass is 337 g/mol. The molecule has 0 radical (unpaired) electrons. The third-order valence-corrected chi connectivity index (χ3v) is 6.35. The van der Waals surface area contributed by atoms with Crippen molar-refractivity contribution in [3.8, 4) is 0 Å². The summed E-state index contributed by atoms with van der Waals surface area (Å²) in [5, 5.41) is 2.94. The predicted molar refractivity (Wildman–Crippen MR) is 87.8 cm³/mol. The number of nitrogens with two attached hydrogens (primary N) is 1. The van der Waals surface area contributed by atoms with Gasteiger partial charge in [0.1, 0.15) is 0 Å². The number of amides is 1. The van der Waals surface area contributed by atoms with Gasteiger partial charge < -0.3 is 11.1 Å². The highest BCUT2D eigenvalue weighted by atomic mass is 32.2. The number of hydrogen-bond acceptors (Lipinski definition) is 5. The average molecular weight is 338 g/mol. The molecular weight excluding hydrogens is 310 g/mol. The number of thioether (sulfide) groups is 1. The SMILES string of the molecule is CCCS(=O)(=O)N1CCC(NC(=O)[C@H](N)CCSC)CC1. The summed E-state index contributed by atoms with van der Waals surface area (Å²) in [6.45, 7) is 2.82. The second kappa shape index (κ2) is 8.97. The van der Waals surface area contributed by atoms with Crippen molar-refractivity contribution >= 4 is 27.7 Å². The van der Waals surface area contributed by atoms with Crippen LogP contribution in [0.15, 0.2) is 0 Å². The van der Waals surface area contributed by atoms with Crippen LogP contribution in [0.25, 0.3) is 0 Å². The molecule has 1 saturated heterocycles. The summed E-state index contributed by atoms with van der Waals surface area (Å²) >= 11 is 1.67. The Morgan fingerprint density at radius 1 is 1.43 bits per heavy atom. The summed E-state index contributed by atoms with van der Waals surface area (Å²) in [5.41, 5.74) is 5.82. The van der Waals surface area contributed by atoms with Crippen LogP contribution in [0, 0.1) is 0 Å². The predicted octanol–water partition coefficient (Wildman–Crippen LogP) is 0.387. The molecule has 3 N–H and O–H groups in total. The van der Waals surface area contributed by atoms with E-state index in [1.165, 1.54) is 4.31 Å². The molecule has 0 spiro atoms. The summed E-state index contributed by atoms with van der Waals surface area (Å²) in [6, 6.07) is -0.440. The van der Waals surface area contributed by atoms with Gasteiger partial charge in [0.25, 0.3) is 0 Å². The first-order valence-corrected chi connectivity index (χ1v) is 10.4. The van der Waals surface area contributed by atoms with E-state index in [2.05, 4.69) is 5.32 Å². The zero-order valence-electron chi connectivity index (χ0n) is 12.9. The molecule has 0 saturated carbocycles. The Hall–Kier alpha value is -0.310. The maximum atomic E-state index is 12.0. The van der Waals surface area contributed by atoms with Crippen LogP contribution >= 0.6 is 11.8 Å². The molecule has 124 valence electrons. The molecule has 1 heterocycles. The zero-order chi connectivity index (χ0) is 15.9. The van der Waals surface area contributed by atoms with Crippen molar-refractivity contribution in [3.63, 3.8) is 0 Å². The Balaban J connectivity index is 2.38. The summed E-state index contributed by atoms with van der Waals surface area (Å²) < 4.78 is 25.4. The van der Waals surface area contributed by atoms with Gasteiger partial charge in [-0.25, -0.2) is 12.7 Å². The van der Waals surface area contributed by atoms with Gasteiger partial charge in [-0.3, -0.25) is 4.79 Å². The fourth-order valence-electron chi connectivity index (χ4n) is 2.35. The maximum Gasteiger partial charge on any atom is 0.237 e. The molecule has 1 atom stereocenters. The Morgan fingerprint density at radius 3 is 2.57 bits per heavy atom. The topological polar surface area (TPSA) is 92.5 Å². The van der Waals surface area contributed by atoms with Crippen molar-refractivity contribution in [1.29, 1.82) is 0 Å². The van der Waals surface area contributed by atoms with Gasteiger partial charge in [-0.05, 0) is 37.7 Å². The lowest BCUT2D eigenvalue weighted by atomic mass is 10.1. The number of nitrogens with one attached hydrogen (secondary N) is 1.